The first-order valence-electron chi connectivity index (χ1n) is 4.58. The van der Waals surface area contributed by atoms with Crippen molar-refractivity contribution in [2.24, 2.45) is 0 Å². The normalized spacial score (nSPS) is 12.9. The third-order valence-electron chi connectivity index (χ3n) is 2.35. The van der Waals surface area contributed by atoms with Crippen LogP contribution in [0.15, 0.2) is 24.3 Å². The maximum atomic E-state index is 11.8. The fraction of sp³-hybridized carbons (Fsp3) is 0.364. The Kier molecular flexibility index (Phi) is 3.25. The molecule has 3 heteroatoms. The molecule has 0 aliphatic rings. The fourth-order valence-corrected chi connectivity index (χ4v) is 1.12. The molecule has 0 saturated carbocycles. The predicted molar refractivity (Wildman–Crippen MR) is 58.3 cm³/mol. The SMILES string of the molecule is CC(C(=O)c1ccc(N)cc1)N(C)C. The van der Waals surface area contributed by atoms with Crippen molar-refractivity contribution in [3.05, 3.63) is 29.8 Å². The summed E-state index contributed by atoms with van der Waals surface area (Å²) < 4.78 is 0. The number of nitrogens with zero attached hydrogens (tertiary/aromatic N) is 1. The van der Waals surface area contributed by atoms with Crippen molar-refractivity contribution in [2.75, 3.05) is 19.8 Å². The zero-order valence-corrected chi connectivity index (χ0v) is 8.82. The smallest absolute Gasteiger partial charge is 0.179 e. The summed E-state index contributed by atoms with van der Waals surface area (Å²) in [6, 6.07) is 6.92. The van der Waals surface area contributed by atoms with E-state index in [1.165, 1.54) is 0 Å². The van der Waals surface area contributed by atoms with E-state index in [-0.39, 0.29) is 11.8 Å². The maximum Gasteiger partial charge on any atom is 0.179 e. The second-order valence-electron chi connectivity index (χ2n) is 3.63. The molecule has 0 spiro atoms. The van der Waals surface area contributed by atoms with Gasteiger partial charge in [-0.2, -0.15) is 0 Å². The molecule has 0 saturated heterocycles. The van der Waals surface area contributed by atoms with Gasteiger partial charge in [-0.1, -0.05) is 0 Å². The summed E-state index contributed by atoms with van der Waals surface area (Å²) in [6.07, 6.45) is 0. The van der Waals surface area contributed by atoms with E-state index in [1.54, 1.807) is 24.3 Å². The van der Waals surface area contributed by atoms with Crippen LogP contribution in [0.1, 0.15) is 17.3 Å². The lowest BCUT2D eigenvalue weighted by Gasteiger charge is -2.18. The first kappa shape index (κ1) is 10.7. The third kappa shape index (κ3) is 2.33. The summed E-state index contributed by atoms with van der Waals surface area (Å²) in [4.78, 5) is 13.7. The van der Waals surface area contributed by atoms with Gasteiger partial charge in [0, 0.05) is 11.3 Å². The average molecular weight is 192 g/mol. The molecule has 0 aliphatic heterocycles. The molecule has 0 amide bonds. The molecule has 0 aromatic heterocycles. The van der Waals surface area contributed by atoms with Crippen LogP contribution in [0.5, 0.6) is 0 Å². The number of benzene rings is 1. The zero-order chi connectivity index (χ0) is 10.7. The van der Waals surface area contributed by atoms with Gasteiger partial charge >= 0.3 is 0 Å². The van der Waals surface area contributed by atoms with Crippen molar-refractivity contribution in [1.82, 2.24) is 4.90 Å². The lowest BCUT2D eigenvalue weighted by Crippen LogP contribution is -2.32. The van der Waals surface area contributed by atoms with Crippen LogP contribution in [0, 0.1) is 0 Å². The summed E-state index contributed by atoms with van der Waals surface area (Å²) in [5.41, 5.74) is 6.93. The maximum absolute atomic E-state index is 11.8. The quantitative estimate of drug-likeness (QED) is 0.581. The Labute approximate surface area is 84.5 Å². The molecule has 14 heavy (non-hydrogen) atoms. The Hall–Kier alpha value is -1.35. The van der Waals surface area contributed by atoms with Crippen molar-refractivity contribution in [3.63, 3.8) is 0 Å². The summed E-state index contributed by atoms with van der Waals surface area (Å²) in [6.45, 7) is 1.89. The van der Waals surface area contributed by atoms with Crippen molar-refractivity contribution in [2.45, 2.75) is 13.0 Å². The molecule has 2 N–H and O–H groups in total. The first-order chi connectivity index (χ1) is 6.52. The van der Waals surface area contributed by atoms with Gasteiger partial charge in [0.05, 0.1) is 6.04 Å². The van der Waals surface area contributed by atoms with Crippen LogP contribution < -0.4 is 5.73 Å². The van der Waals surface area contributed by atoms with E-state index in [0.717, 1.165) is 0 Å². The zero-order valence-electron chi connectivity index (χ0n) is 8.82. The monoisotopic (exact) mass is 192 g/mol. The molecule has 0 aliphatic carbocycles. The summed E-state index contributed by atoms with van der Waals surface area (Å²) >= 11 is 0. The molecule has 0 heterocycles. The Morgan fingerprint density at radius 3 is 2.21 bits per heavy atom. The van der Waals surface area contributed by atoms with Crippen LogP contribution in [0.2, 0.25) is 0 Å². The highest BCUT2D eigenvalue weighted by atomic mass is 16.1. The number of Topliss-reactive ketones (excluding diaryl/α,β-unsaturated/α-hetero) is 1. The highest BCUT2D eigenvalue weighted by Gasteiger charge is 2.16. The number of carbonyl (C=O) groups excluding carboxylic acids is 1. The van der Waals surface area contributed by atoms with Crippen molar-refractivity contribution < 1.29 is 4.79 Å². The van der Waals surface area contributed by atoms with E-state index in [9.17, 15) is 4.79 Å². The molecule has 0 radical (unpaired) electrons. The van der Waals surface area contributed by atoms with Crippen LogP contribution in [0.4, 0.5) is 5.69 Å². The van der Waals surface area contributed by atoms with Crippen LogP contribution in [0.25, 0.3) is 0 Å². The van der Waals surface area contributed by atoms with E-state index in [1.807, 2.05) is 25.9 Å². The minimum atomic E-state index is -0.0985. The Morgan fingerprint density at radius 1 is 1.29 bits per heavy atom. The second kappa shape index (κ2) is 4.24. The van der Waals surface area contributed by atoms with Gasteiger partial charge in [0.2, 0.25) is 0 Å². The lowest BCUT2D eigenvalue weighted by atomic mass is 10.0. The predicted octanol–water partition coefficient (Wildman–Crippen LogP) is 1.40. The number of nitrogen functional groups attached to an aromatic ring is 1. The first-order valence-corrected chi connectivity index (χ1v) is 4.58. The van der Waals surface area contributed by atoms with Gasteiger partial charge in [0.1, 0.15) is 0 Å². The Morgan fingerprint density at radius 2 is 1.79 bits per heavy atom. The van der Waals surface area contributed by atoms with Gasteiger partial charge in [-0.05, 0) is 45.3 Å². The van der Waals surface area contributed by atoms with Crippen LogP contribution in [0.3, 0.4) is 0 Å². The lowest BCUT2D eigenvalue weighted by molar-refractivity contribution is 0.0891. The van der Waals surface area contributed by atoms with E-state index in [2.05, 4.69) is 0 Å². The second-order valence-corrected chi connectivity index (χ2v) is 3.63. The number of nitrogens with two attached hydrogens (primary N) is 1. The molecule has 1 aromatic carbocycles. The van der Waals surface area contributed by atoms with Crippen molar-refractivity contribution in [1.29, 1.82) is 0 Å². The van der Waals surface area contributed by atoms with E-state index >= 15 is 0 Å². The third-order valence-corrected chi connectivity index (χ3v) is 2.35. The van der Waals surface area contributed by atoms with Crippen LogP contribution >= 0.6 is 0 Å². The average Bonchev–Trinajstić information content (AvgIpc) is 2.16. The van der Waals surface area contributed by atoms with E-state index in [4.69, 9.17) is 5.73 Å². The summed E-state index contributed by atoms with van der Waals surface area (Å²) in [5.74, 6) is 0.120. The molecular weight excluding hydrogens is 176 g/mol. The topological polar surface area (TPSA) is 46.3 Å². The Balaban J connectivity index is 2.84. The van der Waals surface area contributed by atoms with Gasteiger partial charge < -0.3 is 5.73 Å². The summed E-state index contributed by atoms with van der Waals surface area (Å²) in [7, 11) is 3.78. The molecule has 1 aromatic rings. The molecule has 3 nitrogen and oxygen atoms in total. The number of carbonyl (C=O) groups is 1. The van der Waals surface area contributed by atoms with Crippen LogP contribution in [-0.2, 0) is 0 Å². The number of rotatable bonds is 3. The largest absolute Gasteiger partial charge is 0.399 e. The minimum absolute atomic E-state index is 0.0985. The number of anilines is 1. The highest BCUT2D eigenvalue weighted by Crippen LogP contribution is 2.09. The molecular formula is C11H16N2O. The Bertz CT molecular complexity index is 317. The van der Waals surface area contributed by atoms with Crippen molar-refractivity contribution >= 4 is 11.5 Å². The number of ketones is 1. The molecule has 0 fully saturated rings. The fourth-order valence-electron chi connectivity index (χ4n) is 1.12. The number of hydrogen-bond acceptors (Lipinski definition) is 3. The number of hydrogen-bond donors (Lipinski definition) is 1. The van der Waals surface area contributed by atoms with Gasteiger partial charge in [-0.15, -0.1) is 0 Å². The standard InChI is InChI=1S/C11H16N2O/c1-8(13(2)3)11(14)9-4-6-10(12)7-5-9/h4-8H,12H2,1-3H3. The van der Waals surface area contributed by atoms with Crippen LogP contribution in [-0.4, -0.2) is 30.8 Å². The molecule has 0 bridgehead atoms. The van der Waals surface area contributed by atoms with Gasteiger partial charge in [-0.25, -0.2) is 0 Å². The molecule has 1 unspecified atom stereocenters. The minimum Gasteiger partial charge on any atom is -0.399 e. The molecule has 1 rings (SSSR count). The van der Waals surface area contributed by atoms with Crippen molar-refractivity contribution in [3.8, 4) is 0 Å². The van der Waals surface area contributed by atoms with E-state index in [0.29, 0.717) is 11.3 Å². The van der Waals surface area contributed by atoms with E-state index < -0.39 is 0 Å². The molecule has 76 valence electrons. The van der Waals surface area contributed by atoms with Gasteiger partial charge in [-0.3, -0.25) is 9.69 Å². The highest BCUT2D eigenvalue weighted by molar-refractivity contribution is 6.00. The summed E-state index contributed by atoms with van der Waals surface area (Å²) in [5, 5.41) is 0. The molecule has 1 atom stereocenters. The van der Waals surface area contributed by atoms with Gasteiger partial charge in [0.15, 0.2) is 5.78 Å². The number of likely N-dealkylation sites (N-methyl/N-ethyl adjacent to an activating group) is 1. The van der Waals surface area contributed by atoms with Gasteiger partial charge in [0.25, 0.3) is 0 Å².